The van der Waals surface area contributed by atoms with Crippen LogP contribution in [0.3, 0.4) is 0 Å². The van der Waals surface area contributed by atoms with Crippen molar-refractivity contribution in [3.05, 3.63) is 108 Å². The Morgan fingerprint density at radius 2 is 0.716 bits per heavy atom. The largest absolute Gasteiger partial charge is 0.481 e. The molecule has 74 heavy (non-hydrogen) atoms. The van der Waals surface area contributed by atoms with E-state index in [0.29, 0.717) is 42.0 Å². The lowest BCUT2D eigenvalue weighted by Gasteiger charge is -2.48. The molecule has 5 aliphatic heterocycles. The highest BCUT2D eigenvalue weighted by Crippen LogP contribution is 2.42. The minimum Gasteiger partial charge on any atom is -0.481 e. The van der Waals surface area contributed by atoms with Crippen molar-refractivity contribution < 1.29 is 58.6 Å². The van der Waals surface area contributed by atoms with Crippen LogP contribution in [0.25, 0.3) is 0 Å². The third-order valence-electron chi connectivity index (χ3n) is 14.8. The van der Waals surface area contributed by atoms with E-state index in [0.717, 1.165) is 123 Å². The highest BCUT2D eigenvalue weighted by molar-refractivity contribution is 6.02. The van der Waals surface area contributed by atoms with Crippen molar-refractivity contribution in [3.63, 3.8) is 0 Å². The van der Waals surface area contributed by atoms with Gasteiger partial charge in [-0.1, -0.05) is 133 Å². The number of piperidine rings is 3. The number of likely N-dealkylation sites (tertiary alicyclic amines) is 3. The van der Waals surface area contributed by atoms with Gasteiger partial charge in [0.15, 0.2) is 17.4 Å². The number of aliphatic hydroxyl groups excluding tert-OH is 2. The molecule has 0 saturated carbocycles. The standard InChI is InChI=1S/2C18H27NO2.C16H23NO.C5H6O5.C2H6O2/c2*1-3-16-12-18(20-10-11-21-18)13-17(4-2)19(16)14-15-8-6-5-7-9-15;1-3-14-10-16(18)11-15(4-2)17(14)12-13-8-6-5-7-9-13;6-3(1-4(7)8)2-5(9)10;3-1-2-4/h2*5-9,16-17H,3-4,10-14H2,1-2H3;5-9,14-15H,3-4,10-12H2,1-2H3;1-2H2,(H,7,8)(H,9,10);3-4H,1-2H2/t16-,17+;16-,17-;;;/m.1.../s1. The number of hydrogen-bond donors (Lipinski definition) is 4. The molecule has 6 atom stereocenters. The Kier molecular flexibility index (Phi) is 27.6. The summed E-state index contributed by atoms with van der Waals surface area (Å²) in [5.74, 6) is -3.54. The first kappa shape index (κ1) is 62.1. The summed E-state index contributed by atoms with van der Waals surface area (Å²) in [6, 6.07) is 35.2. The summed E-state index contributed by atoms with van der Waals surface area (Å²) in [6.07, 6.45) is 10.8. The lowest BCUT2D eigenvalue weighted by atomic mass is 9.87. The van der Waals surface area contributed by atoms with Crippen molar-refractivity contribution in [1.82, 2.24) is 14.7 Å². The summed E-state index contributed by atoms with van der Waals surface area (Å²) in [5, 5.41) is 31.2. The first-order chi connectivity index (χ1) is 35.7. The zero-order valence-corrected chi connectivity index (χ0v) is 45.3. The third kappa shape index (κ3) is 19.9. The van der Waals surface area contributed by atoms with E-state index in [1.165, 1.54) is 16.7 Å². The van der Waals surface area contributed by atoms with E-state index in [1.807, 2.05) is 0 Å². The summed E-state index contributed by atoms with van der Waals surface area (Å²) in [4.78, 5) is 49.5. The SMILES string of the molecule is CCC1CC(=O)CC(CC)N1Cc1ccccc1.CC[C@@H]1CC2(C[C@@H](CC)N1Cc1ccccc1)OCCO2.CC[C@@H]1CC2(C[C@H](CC)N1Cc1ccccc1)OCCO2.O=C(O)CC(=O)CC(=O)O.OCCO. The molecule has 5 saturated heterocycles. The van der Waals surface area contributed by atoms with Crippen LogP contribution in [-0.2, 0) is 57.8 Å². The number of nitrogens with zero attached hydrogens (tertiary/aromatic N) is 3. The van der Waals surface area contributed by atoms with Gasteiger partial charge in [0, 0.05) is 94.4 Å². The second-order valence-corrected chi connectivity index (χ2v) is 20.0. The predicted octanol–water partition coefficient (Wildman–Crippen LogP) is 9.05. The molecule has 5 fully saturated rings. The number of hydrogen-bond acceptors (Lipinski definition) is 13. The zero-order valence-electron chi connectivity index (χ0n) is 45.3. The van der Waals surface area contributed by atoms with Gasteiger partial charge in [0.2, 0.25) is 0 Å². The van der Waals surface area contributed by atoms with Crippen LogP contribution >= 0.6 is 0 Å². The minimum atomic E-state index is -1.30. The Morgan fingerprint density at radius 3 is 0.946 bits per heavy atom. The van der Waals surface area contributed by atoms with Gasteiger partial charge in [0.05, 0.1) is 39.6 Å². The number of Topliss-reactive ketones (excluding diaryl/α,β-unsaturated/α-hetero) is 2. The van der Waals surface area contributed by atoms with Crippen molar-refractivity contribution >= 4 is 23.5 Å². The van der Waals surface area contributed by atoms with Gasteiger partial charge in [-0.25, -0.2) is 0 Å². The van der Waals surface area contributed by atoms with Crippen LogP contribution < -0.4 is 0 Å². The van der Waals surface area contributed by atoms with Gasteiger partial charge in [0.25, 0.3) is 0 Å². The van der Waals surface area contributed by atoms with Gasteiger partial charge >= 0.3 is 11.9 Å². The molecule has 4 N–H and O–H groups in total. The molecule has 5 aliphatic rings. The Morgan fingerprint density at radius 1 is 0.459 bits per heavy atom. The van der Waals surface area contributed by atoms with Gasteiger partial charge in [0.1, 0.15) is 18.6 Å². The molecule has 15 heteroatoms. The molecule has 0 amide bonds. The van der Waals surface area contributed by atoms with E-state index in [-0.39, 0.29) is 24.8 Å². The van der Waals surface area contributed by atoms with Crippen molar-refractivity contribution in [3.8, 4) is 0 Å². The lowest BCUT2D eigenvalue weighted by molar-refractivity contribution is -0.211. The van der Waals surface area contributed by atoms with Crippen LogP contribution in [0.2, 0.25) is 0 Å². The molecule has 0 aliphatic carbocycles. The summed E-state index contributed by atoms with van der Waals surface area (Å²) in [6.45, 7) is 19.3. The molecule has 412 valence electrons. The number of benzene rings is 3. The number of carbonyl (C=O) groups is 4. The fourth-order valence-corrected chi connectivity index (χ4v) is 11.1. The van der Waals surface area contributed by atoms with E-state index >= 15 is 0 Å². The first-order valence-corrected chi connectivity index (χ1v) is 27.3. The Labute approximate surface area is 441 Å². The number of ether oxygens (including phenoxy) is 4. The van der Waals surface area contributed by atoms with E-state index in [9.17, 15) is 19.2 Å². The second-order valence-electron chi connectivity index (χ2n) is 20.0. The molecule has 5 heterocycles. The molecule has 3 aromatic carbocycles. The molecular weight excluding hydrogens is 943 g/mol. The topological polar surface area (TPSA) is 196 Å². The number of aliphatic carboxylic acids is 2. The average Bonchev–Trinajstić information content (AvgIpc) is 4.07. The molecule has 0 radical (unpaired) electrons. The number of carboxylic acid groups (broad SMARTS) is 2. The number of aliphatic hydroxyl groups is 2. The van der Waals surface area contributed by atoms with Gasteiger partial charge in [-0.2, -0.15) is 0 Å². The van der Waals surface area contributed by atoms with Crippen LogP contribution in [0.5, 0.6) is 0 Å². The maximum atomic E-state index is 11.8. The average molecular weight is 1030 g/mol. The summed E-state index contributed by atoms with van der Waals surface area (Å²) in [5.41, 5.74) is 4.15. The van der Waals surface area contributed by atoms with Gasteiger partial charge in [-0.05, 0) is 55.2 Å². The van der Waals surface area contributed by atoms with Crippen LogP contribution in [-0.4, -0.2) is 146 Å². The molecule has 8 rings (SSSR count). The van der Waals surface area contributed by atoms with E-state index in [4.69, 9.17) is 39.4 Å². The Balaban J connectivity index is 0.000000214. The number of rotatable bonds is 17. The summed E-state index contributed by atoms with van der Waals surface area (Å²) < 4.78 is 24.0. The number of carboxylic acids is 2. The van der Waals surface area contributed by atoms with Crippen LogP contribution in [0, 0.1) is 0 Å². The lowest BCUT2D eigenvalue weighted by Crippen LogP contribution is -2.55. The third-order valence-corrected chi connectivity index (χ3v) is 14.8. The minimum absolute atomic E-state index is 0.125. The van der Waals surface area contributed by atoms with E-state index in [1.54, 1.807) is 0 Å². The fourth-order valence-electron chi connectivity index (χ4n) is 11.1. The number of ketones is 2. The van der Waals surface area contributed by atoms with E-state index < -0.39 is 30.6 Å². The van der Waals surface area contributed by atoms with Gasteiger partial charge in [-0.15, -0.1) is 0 Å². The van der Waals surface area contributed by atoms with Crippen LogP contribution in [0.1, 0.15) is 148 Å². The molecular formula is C59H89N3O12. The van der Waals surface area contributed by atoms with Crippen LogP contribution in [0.4, 0.5) is 0 Å². The van der Waals surface area contributed by atoms with Gasteiger partial charge < -0.3 is 39.4 Å². The van der Waals surface area contributed by atoms with Crippen molar-refractivity contribution in [2.75, 3.05) is 39.6 Å². The van der Waals surface area contributed by atoms with Crippen molar-refractivity contribution in [2.45, 2.75) is 199 Å². The maximum Gasteiger partial charge on any atom is 0.310 e. The summed E-state index contributed by atoms with van der Waals surface area (Å²) >= 11 is 0. The zero-order chi connectivity index (χ0) is 53.9. The van der Waals surface area contributed by atoms with Crippen molar-refractivity contribution in [1.29, 1.82) is 0 Å². The van der Waals surface area contributed by atoms with Gasteiger partial charge in [-0.3, -0.25) is 33.9 Å². The monoisotopic (exact) mass is 1030 g/mol. The molecule has 15 nitrogen and oxygen atoms in total. The molecule has 2 spiro atoms. The molecule has 0 aromatic heterocycles. The first-order valence-electron chi connectivity index (χ1n) is 27.3. The Hall–Kier alpha value is -4.42. The van der Waals surface area contributed by atoms with E-state index in [2.05, 4.69) is 147 Å². The predicted molar refractivity (Wildman–Crippen MR) is 286 cm³/mol. The Bertz CT molecular complexity index is 1900. The molecule has 3 aromatic rings. The maximum absolute atomic E-state index is 11.8. The molecule has 2 unspecified atom stereocenters. The summed E-state index contributed by atoms with van der Waals surface area (Å²) in [7, 11) is 0. The quantitative estimate of drug-likeness (QED) is 0.0935. The smallest absolute Gasteiger partial charge is 0.310 e. The normalized spacial score (nSPS) is 24.2. The second kappa shape index (κ2) is 32.9. The van der Waals surface area contributed by atoms with Crippen LogP contribution in [0.15, 0.2) is 91.0 Å². The fraction of sp³-hybridized carbons (Fsp3) is 0.627. The highest BCUT2D eigenvalue weighted by Gasteiger charge is 2.48. The number of carbonyl (C=O) groups excluding carboxylic acids is 2. The highest BCUT2D eigenvalue weighted by atomic mass is 16.7. The van der Waals surface area contributed by atoms with Crippen molar-refractivity contribution in [2.24, 2.45) is 0 Å². The molecule has 0 bridgehead atoms.